The minimum atomic E-state index is -0.113. The molecule has 6 heteroatoms. The van der Waals surface area contributed by atoms with E-state index >= 15 is 0 Å². The van der Waals surface area contributed by atoms with E-state index < -0.39 is 0 Å². The van der Waals surface area contributed by atoms with Crippen molar-refractivity contribution in [3.63, 3.8) is 0 Å². The molecule has 0 aliphatic carbocycles. The van der Waals surface area contributed by atoms with Crippen molar-refractivity contribution in [2.24, 2.45) is 0 Å². The van der Waals surface area contributed by atoms with Gasteiger partial charge in [0.25, 0.3) is 0 Å². The first-order valence-electron chi connectivity index (χ1n) is 6.78. The molecular formula is C14H14N4O2. The molecule has 102 valence electrons. The van der Waals surface area contributed by atoms with Crippen LogP contribution >= 0.6 is 0 Å². The number of nitrogens with one attached hydrogen (secondary N) is 1. The highest BCUT2D eigenvalue weighted by atomic mass is 16.5. The molecule has 4 rings (SSSR count). The zero-order valence-electron chi connectivity index (χ0n) is 10.9. The summed E-state index contributed by atoms with van der Waals surface area (Å²) in [5.74, 6) is 0. The highest BCUT2D eigenvalue weighted by molar-refractivity contribution is 6.00. The molecular weight excluding hydrogens is 256 g/mol. The maximum atomic E-state index is 12.3. The van der Waals surface area contributed by atoms with E-state index in [1.165, 1.54) is 0 Å². The molecule has 1 fully saturated rings. The second kappa shape index (κ2) is 4.42. The predicted molar refractivity (Wildman–Crippen MR) is 74.7 cm³/mol. The number of hydrogen-bond acceptors (Lipinski definition) is 4. The van der Waals surface area contributed by atoms with Crippen LogP contribution in [-0.4, -0.2) is 33.0 Å². The van der Waals surface area contributed by atoms with Crippen LogP contribution in [-0.2, 0) is 4.74 Å². The van der Waals surface area contributed by atoms with Gasteiger partial charge in [-0.05, 0) is 18.9 Å². The van der Waals surface area contributed by atoms with Crippen LogP contribution in [0.3, 0.4) is 0 Å². The van der Waals surface area contributed by atoms with E-state index in [4.69, 9.17) is 4.74 Å². The van der Waals surface area contributed by atoms with Gasteiger partial charge in [-0.25, -0.2) is 4.79 Å². The van der Waals surface area contributed by atoms with Crippen LogP contribution in [0.5, 0.6) is 0 Å². The lowest BCUT2D eigenvalue weighted by Gasteiger charge is -2.23. The zero-order chi connectivity index (χ0) is 13.5. The van der Waals surface area contributed by atoms with Gasteiger partial charge in [0.1, 0.15) is 5.52 Å². The van der Waals surface area contributed by atoms with Crippen LogP contribution < -0.4 is 5.69 Å². The Morgan fingerprint density at radius 2 is 2.00 bits per heavy atom. The molecule has 1 N–H and O–H groups in total. The first-order valence-corrected chi connectivity index (χ1v) is 6.78. The van der Waals surface area contributed by atoms with E-state index in [1.807, 2.05) is 28.8 Å². The monoisotopic (exact) mass is 270 g/mol. The third kappa shape index (κ3) is 1.65. The van der Waals surface area contributed by atoms with Crippen LogP contribution in [0.1, 0.15) is 18.9 Å². The largest absolute Gasteiger partial charge is 0.381 e. The minimum absolute atomic E-state index is 0.113. The van der Waals surface area contributed by atoms with Crippen molar-refractivity contribution >= 4 is 22.1 Å². The summed E-state index contributed by atoms with van der Waals surface area (Å²) < 4.78 is 7.21. The van der Waals surface area contributed by atoms with Crippen LogP contribution in [0.25, 0.3) is 22.1 Å². The number of fused-ring (bicyclic) bond motifs is 3. The number of imidazole rings is 1. The van der Waals surface area contributed by atoms with Crippen molar-refractivity contribution < 1.29 is 4.74 Å². The molecule has 20 heavy (non-hydrogen) atoms. The summed E-state index contributed by atoms with van der Waals surface area (Å²) >= 11 is 0. The number of benzene rings is 1. The molecule has 3 aromatic rings. The number of H-pyrrole nitrogens is 1. The number of nitrogens with zero attached hydrogens (tertiary/aromatic N) is 3. The van der Waals surface area contributed by atoms with E-state index in [9.17, 15) is 4.79 Å². The molecule has 0 spiro atoms. The number of aromatic nitrogens is 4. The molecule has 0 amide bonds. The maximum Gasteiger partial charge on any atom is 0.328 e. The topological polar surface area (TPSA) is 72.8 Å². The standard InChI is InChI=1S/C14H14N4O2/c19-14-15-13-12(18(14)9-5-7-20-8-6-9)10-3-1-2-4-11(10)16-17-13/h1-4,9H,5-8H2,(H,15,17,19). The molecule has 1 aliphatic heterocycles. The van der Waals surface area contributed by atoms with Gasteiger partial charge in [0.15, 0.2) is 5.65 Å². The molecule has 1 aromatic carbocycles. The van der Waals surface area contributed by atoms with Gasteiger partial charge < -0.3 is 4.74 Å². The van der Waals surface area contributed by atoms with Gasteiger partial charge in [0.05, 0.1) is 5.52 Å². The second-order valence-electron chi connectivity index (χ2n) is 5.06. The van der Waals surface area contributed by atoms with E-state index in [-0.39, 0.29) is 11.7 Å². The molecule has 1 saturated heterocycles. The average molecular weight is 270 g/mol. The molecule has 3 heterocycles. The Balaban J connectivity index is 2.05. The van der Waals surface area contributed by atoms with E-state index in [1.54, 1.807) is 0 Å². The molecule has 6 nitrogen and oxygen atoms in total. The summed E-state index contributed by atoms with van der Waals surface area (Å²) in [6.07, 6.45) is 1.70. The van der Waals surface area contributed by atoms with Gasteiger partial charge in [-0.1, -0.05) is 18.2 Å². The fourth-order valence-electron chi connectivity index (χ4n) is 2.92. The van der Waals surface area contributed by atoms with Crippen molar-refractivity contribution in [2.75, 3.05) is 13.2 Å². The van der Waals surface area contributed by atoms with Crippen LogP contribution in [0.4, 0.5) is 0 Å². The fraction of sp³-hybridized carbons (Fsp3) is 0.357. The molecule has 1 aliphatic rings. The molecule has 0 atom stereocenters. The molecule has 0 bridgehead atoms. The quantitative estimate of drug-likeness (QED) is 0.729. The summed E-state index contributed by atoms with van der Waals surface area (Å²) in [5, 5.41) is 9.24. The Bertz CT molecular complexity index is 830. The van der Waals surface area contributed by atoms with Gasteiger partial charge in [-0.3, -0.25) is 9.55 Å². The number of rotatable bonds is 1. The summed E-state index contributed by atoms with van der Waals surface area (Å²) in [7, 11) is 0. The normalized spacial score (nSPS) is 17.0. The Hall–Kier alpha value is -2.21. The Morgan fingerprint density at radius 1 is 1.20 bits per heavy atom. The summed E-state index contributed by atoms with van der Waals surface area (Å²) in [6, 6.07) is 7.93. The van der Waals surface area contributed by atoms with Crippen molar-refractivity contribution in [1.82, 2.24) is 19.7 Å². The average Bonchev–Trinajstić information content (AvgIpc) is 2.84. The lowest BCUT2D eigenvalue weighted by Crippen LogP contribution is -2.27. The summed E-state index contributed by atoms with van der Waals surface area (Å²) in [4.78, 5) is 15.1. The van der Waals surface area contributed by atoms with E-state index in [0.717, 1.165) is 29.3 Å². The maximum absolute atomic E-state index is 12.3. The Kier molecular flexibility index (Phi) is 2.56. The van der Waals surface area contributed by atoms with E-state index in [0.29, 0.717) is 18.9 Å². The van der Waals surface area contributed by atoms with Crippen molar-refractivity contribution in [2.45, 2.75) is 18.9 Å². The number of ether oxygens (including phenoxy) is 1. The minimum Gasteiger partial charge on any atom is -0.381 e. The van der Waals surface area contributed by atoms with Gasteiger partial charge in [0.2, 0.25) is 0 Å². The Labute approximate surface area is 114 Å². The summed E-state index contributed by atoms with van der Waals surface area (Å²) in [5.41, 5.74) is 2.10. The van der Waals surface area contributed by atoms with Gasteiger partial charge in [-0.2, -0.15) is 0 Å². The van der Waals surface area contributed by atoms with Crippen LogP contribution in [0.2, 0.25) is 0 Å². The van der Waals surface area contributed by atoms with Gasteiger partial charge in [-0.15, -0.1) is 10.2 Å². The lowest BCUT2D eigenvalue weighted by molar-refractivity contribution is 0.0698. The third-order valence-electron chi connectivity index (χ3n) is 3.88. The van der Waals surface area contributed by atoms with Crippen LogP contribution in [0, 0.1) is 0 Å². The highest BCUT2D eigenvalue weighted by Crippen LogP contribution is 2.26. The first kappa shape index (κ1) is 11.6. The third-order valence-corrected chi connectivity index (χ3v) is 3.88. The second-order valence-corrected chi connectivity index (χ2v) is 5.06. The SMILES string of the molecule is O=c1[nH]c2nnc3ccccc3c2n1C1CCOCC1. The van der Waals surface area contributed by atoms with Crippen molar-refractivity contribution in [3.05, 3.63) is 34.7 Å². The number of aromatic amines is 1. The predicted octanol–water partition coefficient (Wildman–Crippen LogP) is 1.62. The smallest absolute Gasteiger partial charge is 0.328 e. The fourth-order valence-corrected chi connectivity index (χ4v) is 2.92. The molecule has 0 unspecified atom stereocenters. The van der Waals surface area contributed by atoms with Gasteiger partial charge >= 0.3 is 5.69 Å². The molecule has 0 radical (unpaired) electrons. The van der Waals surface area contributed by atoms with Crippen molar-refractivity contribution in [3.8, 4) is 0 Å². The van der Waals surface area contributed by atoms with Crippen LogP contribution in [0.15, 0.2) is 29.1 Å². The van der Waals surface area contributed by atoms with Gasteiger partial charge in [0, 0.05) is 24.6 Å². The first-order chi connectivity index (χ1) is 9.84. The lowest BCUT2D eigenvalue weighted by atomic mass is 10.1. The summed E-state index contributed by atoms with van der Waals surface area (Å²) in [6.45, 7) is 1.39. The zero-order valence-corrected chi connectivity index (χ0v) is 10.9. The highest BCUT2D eigenvalue weighted by Gasteiger charge is 2.22. The Morgan fingerprint density at radius 3 is 2.85 bits per heavy atom. The number of hydrogen-bond donors (Lipinski definition) is 1. The van der Waals surface area contributed by atoms with Crippen molar-refractivity contribution in [1.29, 1.82) is 0 Å². The van der Waals surface area contributed by atoms with E-state index in [2.05, 4.69) is 15.2 Å². The molecule has 2 aromatic heterocycles. The molecule has 0 saturated carbocycles.